The number of rotatable bonds is 9. The van der Waals surface area contributed by atoms with E-state index in [0.717, 1.165) is 23.1 Å². The number of nitrogens with one attached hydrogen (secondary N) is 2. The lowest BCUT2D eigenvalue weighted by atomic mass is 10.0. The molecule has 4 N–H and O–H groups in total. The summed E-state index contributed by atoms with van der Waals surface area (Å²) in [7, 11) is -4.86. The number of carbonyl (C=O) groups excluding carboxylic acids is 2. The minimum absolute atomic E-state index is 0.0998. The number of anilines is 1. The van der Waals surface area contributed by atoms with Gasteiger partial charge in [-0.3, -0.25) is 9.69 Å². The molecular weight excluding hydrogens is 494 g/mol. The van der Waals surface area contributed by atoms with Crippen LogP contribution in [0.25, 0.3) is 11.1 Å². The number of ether oxygens (including phenoxy) is 1. The number of carbonyl (C=O) groups is 2. The van der Waals surface area contributed by atoms with Crippen molar-refractivity contribution in [1.82, 2.24) is 25.4 Å². The third kappa shape index (κ3) is 5.94. The molecule has 1 aromatic heterocycles. The zero-order valence-electron chi connectivity index (χ0n) is 19.2. The van der Waals surface area contributed by atoms with Crippen LogP contribution in [0, 0.1) is 5.82 Å². The summed E-state index contributed by atoms with van der Waals surface area (Å²) in [6.45, 7) is 1.57. The minimum Gasteiger partial charge on any atom is -0.442 e. The molecule has 0 aliphatic carbocycles. The van der Waals surface area contributed by atoms with Gasteiger partial charge in [0.15, 0.2) is 0 Å². The first kappa shape index (κ1) is 25.5. The van der Waals surface area contributed by atoms with Crippen LogP contribution in [0.3, 0.4) is 0 Å². The average molecular weight is 518 g/mol. The van der Waals surface area contributed by atoms with Crippen molar-refractivity contribution < 1.29 is 33.1 Å². The van der Waals surface area contributed by atoms with Gasteiger partial charge in [0.25, 0.3) is 0 Å². The molecule has 1 fully saturated rings. The van der Waals surface area contributed by atoms with Crippen molar-refractivity contribution in [2.24, 2.45) is 0 Å². The lowest BCUT2D eigenvalue weighted by Gasteiger charge is -2.23. The summed E-state index contributed by atoms with van der Waals surface area (Å²) < 4.78 is 32.0. The number of cyclic esters (lactones) is 1. The van der Waals surface area contributed by atoms with Crippen LogP contribution in [0.1, 0.15) is 18.2 Å². The van der Waals surface area contributed by atoms with Gasteiger partial charge in [0.2, 0.25) is 5.91 Å². The molecule has 1 aliphatic rings. The average Bonchev–Trinajstić information content (AvgIpc) is 3.46. The molecule has 0 saturated carbocycles. The van der Waals surface area contributed by atoms with E-state index in [2.05, 4.69) is 20.7 Å². The van der Waals surface area contributed by atoms with E-state index in [1.54, 1.807) is 30.5 Å². The van der Waals surface area contributed by atoms with Gasteiger partial charge in [-0.05, 0) is 29.3 Å². The predicted octanol–water partition coefficient (Wildman–Crippen LogP) is 2.17. The lowest BCUT2D eigenvalue weighted by molar-refractivity contribution is -0.126. The molecule has 36 heavy (non-hydrogen) atoms. The van der Waals surface area contributed by atoms with Crippen molar-refractivity contribution in [3.05, 3.63) is 65.7 Å². The van der Waals surface area contributed by atoms with Crippen molar-refractivity contribution in [3.63, 3.8) is 0 Å². The third-order valence-electron chi connectivity index (χ3n) is 5.56. The summed E-state index contributed by atoms with van der Waals surface area (Å²) in [4.78, 5) is 43.7. The van der Waals surface area contributed by atoms with E-state index >= 15 is 0 Å². The zero-order valence-corrected chi connectivity index (χ0v) is 20.1. The highest BCUT2D eigenvalue weighted by Crippen LogP contribution is 2.40. The van der Waals surface area contributed by atoms with Crippen molar-refractivity contribution in [2.45, 2.75) is 26.1 Å². The molecule has 2 heterocycles. The molecule has 2 aromatic carbocycles. The molecule has 190 valence electrons. The van der Waals surface area contributed by atoms with Crippen molar-refractivity contribution in [3.8, 4) is 11.1 Å². The molecule has 0 spiro atoms. The Morgan fingerprint density at radius 1 is 1.28 bits per heavy atom. The second-order valence-electron chi connectivity index (χ2n) is 8.16. The van der Waals surface area contributed by atoms with E-state index in [4.69, 9.17) is 4.74 Å². The number of nitrogens with zero attached hydrogens (tertiary/aromatic N) is 4. The molecule has 0 radical (unpaired) electrons. The first-order valence-corrected chi connectivity index (χ1v) is 12.4. The van der Waals surface area contributed by atoms with Crippen LogP contribution < -0.4 is 10.2 Å². The quantitative estimate of drug-likeness (QED) is 0.311. The fourth-order valence-electron chi connectivity index (χ4n) is 3.79. The Balaban J connectivity index is 1.40. The smallest absolute Gasteiger partial charge is 0.432 e. The summed E-state index contributed by atoms with van der Waals surface area (Å²) in [5.41, 5.74) is 3.01. The molecule has 2 amide bonds. The van der Waals surface area contributed by atoms with Gasteiger partial charge < -0.3 is 19.8 Å². The van der Waals surface area contributed by atoms with Crippen molar-refractivity contribution in [1.29, 1.82) is 0 Å². The fraction of sp³-hybridized carbons (Fsp3) is 0.273. The van der Waals surface area contributed by atoms with Gasteiger partial charge in [0.05, 0.1) is 30.7 Å². The first-order valence-electron chi connectivity index (χ1n) is 10.9. The molecule has 3 aromatic rings. The van der Waals surface area contributed by atoms with Gasteiger partial charge in [0, 0.05) is 25.6 Å². The van der Waals surface area contributed by atoms with Gasteiger partial charge >= 0.3 is 13.8 Å². The van der Waals surface area contributed by atoms with Crippen LogP contribution in [0.15, 0.2) is 48.7 Å². The lowest BCUT2D eigenvalue weighted by Crippen LogP contribution is -2.35. The second kappa shape index (κ2) is 10.5. The fourth-order valence-corrected chi connectivity index (χ4v) is 4.55. The number of benzene rings is 2. The van der Waals surface area contributed by atoms with Crippen LogP contribution in [0.5, 0.6) is 0 Å². The number of aromatic nitrogens is 3. The highest BCUT2D eigenvalue weighted by atomic mass is 31.2. The number of aromatic amines is 1. The van der Waals surface area contributed by atoms with Gasteiger partial charge in [-0.25, -0.2) is 18.4 Å². The normalized spacial score (nSPS) is 15.7. The van der Waals surface area contributed by atoms with Crippen LogP contribution >= 0.6 is 7.75 Å². The van der Waals surface area contributed by atoms with Gasteiger partial charge in [0.1, 0.15) is 11.9 Å². The maximum atomic E-state index is 15.0. The first-order chi connectivity index (χ1) is 17.1. The topological polar surface area (TPSA) is 161 Å². The second-order valence-corrected chi connectivity index (χ2v) is 9.67. The maximum Gasteiger partial charge on any atom is 0.432 e. The molecule has 4 rings (SSSR count). The number of amides is 2. The Morgan fingerprint density at radius 3 is 2.64 bits per heavy atom. The molecular formula is C22H24FN6O6P. The van der Waals surface area contributed by atoms with Crippen LogP contribution in [0.4, 0.5) is 14.9 Å². The number of hydrogen-bond donors (Lipinski definition) is 4. The summed E-state index contributed by atoms with van der Waals surface area (Å²) in [5.74, 6) is -1.41. The SMILES string of the molecule is CC(=O)N(CC1CN(c2ccc(-c3ccc(CNCc4cn[nH]n4)cc3)c(F)c2)C(=O)O1)P(=O)(O)O. The maximum absolute atomic E-state index is 15.0. The molecule has 12 nitrogen and oxygen atoms in total. The minimum atomic E-state index is -4.86. The monoisotopic (exact) mass is 518 g/mol. The van der Waals surface area contributed by atoms with Gasteiger partial charge in [-0.15, -0.1) is 0 Å². The van der Waals surface area contributed by atoms with Crippen LogP contribution in [0.2, 0.25) is 0 Å². The van der Waals surface area contributed by atoms with Crippen LogP contribution in [-0.2, 0) is 27.2 Å². The summed E-state index contributed by atoms with van der Waals surface area (Å²) in [5, 5.41) is 13.5. The highest BCUT2D eigenvalue weighted by molar-refractivity contribution is 7.49. The predicted molar refractivity (Wildman–Crippen MR) is 126 cm³/mol. The van der Waals surface area contributed by atoms with E-state index in [1.165, 1.54) is 6.07 Å². The zero-order chi connectivity index (χ0) is 25.9. The van der Waals surface area contributed by atoms with E-state index < -0.39 is 38.2 Å². The van der Waals surface area contributed by atoms with E-state index in [9.17, 15) is 28.3 Å². The molecule has 1 unspecified atom stereocenters. The highest BCUT2D eigenvalue weighted by Gasteiger charge is 2.38. The van der Waals surface area contributed by atoms with Gasteiger partial charge in [-0.2, -0.15) is 15.4 Å². The Hall–Kier alpha value is -3.64. The summed E-state index contributed by atoms with van der Waals surface area (Å²) in [6, 6.07) is 11.6. The van der Waals surface area contributed by atoms with Gasteiger partial charge in [-0.1, -0.05) is 24.3 Å². The molecule has 1 saturated heterocycles. The molecule has 0 bridgehead atoms. The molecule has 1 atom stereocenters. The summed E-state index contributed by atoms with van der Waals surface area (Å²) in [6.07, 6.45) is -0.153. The van der Waals surface area contributed by atoms with E-state index in [1.807, 2.05) is 12.1 Å². The number of H-pyrrole nitrogens is 1. The number of hydrogen-bond acceptors (Lipinski definition) is 7. The van der Waals surface area contributed by atoms with E-state index in [-0.39, 0.29) is 12.2 Å². The molecule has 14 heteroatoms. The summed E-state index contributed by atoms with van der Waals surface area (Å²) >= 11 is 0. The largest absolute Gasteiger partial charge is 0.442 e. The van der Waals surface area contributed by atoms with E-state index in [0.29, 0.717) is 28.9 Å². The van der Waals surface area contributed by atoms with Crippen LogP contribution in [-0.4, -0.2) is 61.1 Å². The Morgan fingerprint density at radius 2 is 2.03 bits per heavy atom. The van der Waals surface area contributed by atoms with Crippen molar-refractivity contribution in [2.75, 3.05) is 18.0 Å². The Kier molecular flexibility index (Phi) is 7.45. The van der Waals surface area contributed by atoms with Crippen molar-refractivity contribution >= 4 is 25.4 Å². The Labute approximate surface area is 205 Å². The number of halogens is 1. The molecule has 1 aliphatic heterocycles. The Bertz CT molecular complexity index is 1280. The third-order valence-corrected chi connectivity index (χ3v) is 6.63. The standard InChI is InChI=1S/C22H24FN6O6P/c1-14(30)29(36(32,33)34)13-19-12-28(22(31)35-19)18-6-7-20(21(23)8-18)16-4-2-15(3-5-16)9-24-10-17-11-25-27-26-17/h2-8,11,19,24H,9-10,12-13H2,1H3,(H,25,26,27)(H2,32,33,34).